The monoisotopic (exact) mass is 534 g/mol. The Kier molecular flexibility index (Phi) is 7.13. The van der Waals surface area contributed by atoms with Gasteiger partial charge in [-0.1, -0.05) is 18.2 Å². The maximum Gasteiger partial charge on any atom is 0.245 e. The van der Waals surface area contributed by atoms with E-state index in [-0.39, 0.29) is 11.0 Å². The molecule has 2 aromatic heterocycles. The first-order valence-corrected chi connectivity index (χ1v) is 14.3. The number of hydrogen-bond donors (Lipinski definition) is 3. The summed E-state index contributed by atoms with van der Waals surface area (Å²) in [5.74, 6) is 1.19. The number of aromatic nitrogens is 3. The van der Waals surface area contributed by atoms with Crippen molar-refractivity contribution >= 4 is 27.2 Å². The van der Waals surface area contributed by atoms with Gasteiger partial charge in [0.15, 0.2) is 0 Å². The van der Waals surface area contributed by atoms with Crippen molar-refractivity contribution in [2.75, 3.05) is 11.9 Å². The van der Waals surface area contributed by atoms with Crippen LogP contribution < -0.4 is 20.1 Å². The van der Waals surface area contributed by atoms with Crippen LogP contribution in [0.25, 0.3) is 16.8 Å². The first kappa shape index (κ1) is 26.1. The normalized spacial score (nSPS) is 17.0. The van der Waals surface area contributed by atoms with E-state index in [1.165, 1.54) is 6.42 Å². The van der Waals surface area contributed by atoms with Gasteiger partial charge in [-0.15, -0.1) is 5.10 Å². The Balaban J connectivity index is 1.39. The van der Waals surface area contributed by atoms with Crippen LogP contribution in [0.15, 0.2) is 71.8 Å². The van der Waals surface area contributed by atoms with Gasteiger partial charge in [0.25, 0.3) is 0 Å². The van der Waals surface area contributed by atoms with Gasteiger partial charge in [-0.05, 0) is 83.5 Å². The molecule has 3 heterocycles. The average molecular weight is 535 g/mol. The molecule has 2 unspecified atom stereocenters. The van der Waals surface area contributed by atoms with Crippen LogP contribution in [0, 0.1) is 0 Å². The Morgan fingerprint density at radius 2 is 1.92 bits per heavy atom. The predicted octanol–water partition coefficient (Wildman–Crippen LogP) is 4.74. The van der Waals surface area contributed by atoms with E-state index in [1.807, 2.05) is 63.2 Å². The molecule has 1 saturated heterocycles. The van der Waals surface area contributed by atoms with E-state index >= 15 is 0 Å². The lowest BCUT2D eigenvalue weighted by molar-refractivity contribution is 0.180. The quantitative estimate of drug-likeness (QED) is 0.300. The number of anilines is 2. The summed E-state index contributed by atoms with van der Waals surface area (Å²) in [5.41, 5.74) is 2.51. The summed E-state index contributed by atoms with van der Waals surface area (Å²) in [4.78, 5) is 4.66. The molecule has 10 heteroatoms. The molecule has 2 aromatic carbocycles. The molecule has 4 aromatic rings. The van der Waals surface area contributed by atoms with Gasteiger partial charge in [-0.2, -0.15) is 0 Å². The van der Waals surface area contributed by atoms with Gasteiger partial charge in [0.2, 0.25) is 16.0 Å². The molecule has 5 rings (SSSR count). The van der Waals surface area contributed by atoms with Gasteiger partial charge in [0, 0.05) is 28.9 Å². The minimum Gasteiger partial charge on any atom is -0.489 e. The van der Waals surface area contributed by atoms with Crippen molar-refractivity contribution in [3.63, 3.8) is 0 Å². The van der Waals surface area contributed by atoms with E-state index in [0.717, 1.165) is 41.2 Å². The van der Waals surface area contributed by atoms with Crippen molar-refractivity contribution in [3.05, 3.63) is 66.9 Å². The highest BCUT2D eigenvalue weighted by atomic mass is 32.2. The number of benzene rings is 2. The molecular formula is C28H34N6O3S. The summed E-state index contributed by atoms with van der Waals surface area (Å²) in [7, 11) is -3.67. The summed E-state index contributed by atoms with van der Waals surface area (Å²) in [5, 5.41) is 11.4. The predicted molar refractivity (Wildman–Crippen MR) is 149 cm³/mol. The van der Waals surface area contributed by atoms with Crippen molar-refractivity contribution in [1.29, 1.82) is 0 Å². The zero-order valence-electron chi connectivity index (χ0n) is 22.1. The summed E-state index contributed by atoms with van der Waals surface area (Å²) in [6, 6.07) is 18.8. The number of ether oxygens (including phenoxy) is 1. The van der Waals surface area contributed by atoms with Crippen LogP contribution in [-0.2, 0) is 10.0 Å². The van der Waals surface area contributed by atoms with Gasteiger partial charge in [-0.3, -0.25) is 0 Å². The van der Waals surface area contributed by atoms with Gasteiger partial charge < -0.3 is 15.4 Å². The van der Waals surface area contributed by atoms with Gasteiger partial charge in [-0.25, -0.2) is 22.6 Å². The van der Waals surface area contributed by atoms with Gasteiger partial charge in [0.1, 0.15) is 11.9 Å². The number of fused-ring (bicyclic) bond motifs is 1. The zero-order chi connectivity index (χ0) is 26.9. The molecule has 1 fully saturated rings. The molecule has 0 radical (unpaired) electrons. The first-order chi connectivity index (χ1) is 18.1. The number of rotatable bonds is 8. The van der Waals surface area contributed by atoms with Crippen LogP contribution in [0.5, 0.6) is 5.75 Å². The lowest BCUT2D eigenvalue weighted by atomic mass is 10.1. The van der Waals surface area contributed by atoms with E-state index in [0.29, 0.717) is 12.0 Å². The smallest absolute Gasteiger partial charge is 0.245 e. The van der Waals surface area contributed by atoms with E-state index in [4.69, 9.17) is 9.84 Å². The first-order valence-electron chi connectivity index (χ1n) is 12.8. The van der Waals surface area contributed by atoms with E-state index in [2.05, 4.69) is 27.3 Å². The van der Waals surface area contributed by atoms with E-state index < -0.39 is 15.6 Å². The minimum atomic E-state index is -3.67. The number of nitrogens with zero attached hydrogens (tertiary/aromatic N) is 3. The minimum absolute atomic E-state index is 0.0703. The maximum absolute atomic E-state index is 12.9. The lowest BCUT2D eigenvalue weighted by Gasteiger charge is -2.21. The molecule has 2 atom stereocenters. The highest BCUT2D eigenvalue weighted by Crippen LogP contribution is 2.27. The third-order valence-electron chi connectivity index (χ3n) is 6.36. The largest absolute Gasteiger partial charge is 0.489 e. The molecule has 200 valence electrons. The molecule has 1 aliphatic heterocycles. The Morgan fingerprint density at radius 3 is 2.68 bits per heavy atom. The molecule has 0 saturated carbocycles. The molecule has 0 spiro atoms. The summed E-state index contributed by atoms with van der Waals surface area (Å²) < 4.78 is 36.4. The fraction of sp³-hybridized carbons (Fsp3) is 0.357. The van der Waals surface area contributed by atoms with Gasteiger partial charge in [0.05, 0.1) is 22.3 Å². The third-order valence-corrected chi connectivity index (χ3v) is 8.11. The second-order valence-corrected chi connectivity index (χ2v) is 12.4. The van der Waals surface area contributed by atoms with Crippen molar-refractivity contribution in [2.24, 2.45) is 0 Å². The van der Waals surface area contributed by atoms with Crippen molar-refractivity contribution in [2.45, 2.75) is 63.1 Å². The van der Waals surface area contributed by atoms with Crippen LogP contribution in [0.1, 0.15) is 40.5 Å². The molecule has 38 heavy (non-hydrogen) atoms. The van der Waals surface area contributed by atoms with Crippen molar-refractivity contribution < 1.29 is 13.2 Å². The van der Waals surface area contributed by atoms with Crippen LogP contribution in [0.4, 0.5) is 11.6 Å². The number of hydrogen-bond acceptors (Lipinski definition) is 7. The SMILES string of the molecule is CC(Oc1cccc(Nc2ncc3ccc(-c4cccc(S(=O)(=O)NC(C)(C)C)c4)n3n2)c1)C1CCCN1. The Bertz CT molecular complexity index is 1540. The molecule has 9 nitrogen and oxygen atoms in total. The zero-order valence-corrected chi connectivity index (χ0v) is 22.9. The van der Waals surface area contributed by atoms with Crippen LogP contribution in [0.2, 0.25) is 0 Å². The fourth-order valence-electron chi connectivity index (χ4n) is 4.65. The van der Waals surface area contributed by atoms with Crippen LogP contribution >= 0.6 is 0 Å². The number of sulfonamides is 1. The molecule has 0 bridgehead atoms. The van der Waals surface area contributed by atoms with Crippen molar-refractivity contribution in [1.82, 2.24) is 24.6 Å². The standard InChI is InChI=1S/C28H34N6O3S/c1-19(25-12-7-15-29-25)37-23-10-6-9-21(17-23)31-27-30-18-22-13-14-26(34(22)32-27)20-8-5-11-24(16-20)38(35,36)33-28(2,3)4/h5-6,8-11,13-14,16-19,25,29,33H,7,12,15H2,1-4H3,(H,31,32). The van der Waals surface area contributed by atoms with Crippen LogP contribution in [-0.4, -0.2) is 47.2 Å². The fourth-order valence-corrected chi connectivity index (χ4v) is 6.11. The van der Waals surface area contributed by atoms with Crippen LogP contribution in [0.3, 0.4) is 0 Å². The summed E-state index contributed by atoms with van der Waals surface area (Å²) >= 11 is 0. The second kappa shape index (κ2) is 10.4. The van der Waals surface area contributed by atoms with Crippen molar-refractivity contribution in [3.8, 4) is 17.0 Å². The summed E-state index contributed by atoms with van der Waals surface area (Å²) in [6.45, 7) is 8.57. The number of nitrogens with one attached hydrogen (secondary N) is 3. The molecular weight excluding hydrogens is 500 g/mol. The lowest BCUT2D eigenvalue weighted by Crippen LogP contribution is -2.40. The molecule has 0 amide bonds. The topological polar surface area (TPSA) is 110 Å². The molecule has 1 aliphatic rings. The molecule has 0 aliphatic carbocycles. The summed E-state index contributed by atoms with van der Waals surface area (Å²) in [6.07, 6.45) is 4.10. The van der Waals surface area contributed by atoms with Gasteiger partial charge >= 0.3 is 0 Å². The Labute approximate surface area is 223 Å². The van der Waals surface area contributed by atoms with E-state index in [1.54, 1.807) is 28.9 Å². The Morgan fingerprint density at radius 1 is 1.11 bits per heavy atom. The molecule has 3 N–H and O–H groups in total. The highest BCUT2D eigenvalue weighted by Gasteiger charge is 2.23. The Hall–Kier alpha value is -3.47. The average Bonchev–Trinajstić information content (AvgIpc) is 3.53. The highest BCUT2D eigenvalue weighted by molar-refractivity contribution is 7.89. The second-order valence-electron chi connectivity index (χ2n) is 10.7. The third kappa shape index (κ3) is 5.98. The van der Waals surface area contributed by atoms with E-state index in [9.17, 15) is 8.42 Å². The maximum atomic E-state index is 12.9.